The molecule has 1 aromatic carbocycles. The number of aryl methyl sites for hydroxylation is 1. The fourth-order valence-corrected chi connectivity index (χ4v) is 3.10. The molecule has 0 spiro atoms. The molecule has 2 rings (SSSR count). The van der Waals surface area contributed by atoms with E-state index in [1.54, 1.807) is 33.3 Å². The lowest BCUT2D eigenvalue weighted by atomic mass is 10.0. The van der Waals surface area contributed by atoms with Gasteiger partial charge in [-0.3, -0.25) is 4.79 Å². The molecule has 0 radical (unpaired) electrons. The summed E-state index contributed by atoms with van der Waals surface area (Å²) < 4.78 is 16.4. The molecule has 30 heavy (non-hydrogen) atoms. The van der Waals surface area contributed by atoms with Crippen LogP contribution in [0, 0.1) is 6.92 Å². The summed E-state index contributed by atoms with van der Waals surface area (Å²) in [7, 11) is 3.18. The topological polar surface area (TPSA) is 69.7 Å². The monoisotopic (exact) mass is 416 g/mol. The van der Waals surface area contributed by atoms with Gasteiger partial charge in [0, 0.05) is 18.2 Å². The Bertz CT molecular complexity index is 806. The van der Waals surface area contributed by atoms with Crippen LogP contribution in [0.1, 0.15) is 61.8 Å². The maximum atomic E-state index is 12.6. The van der Waals surface area contributed by atoms with Crippen molar-refractivity contribution in [2.24, 2.45) is 0 Å². The minimum atomic E-state index is -0.184. The molecule has 0 fully saturated rings. The summed E-state index contributed by atoms with van der Waals surface area (Å²) in [5.74, 6) is 1.05. The number of amides is 1. The first-order valence-corrected chi connectivity index (χ1v) is 10.4. The standard InChI is InChI=1S/C22H30N2O4.C2H6/c1-14(2)28-15(3)11-17-7-9-20(26-5)18(12-17)13-23-22(25)19-8-10-21(27-6)24-16(19)4;1-2/h7-10,12,14-15H,11,13H2,1-6H3,(H,23,25);1-2H3. The van der Waals surface area contributed by atoms with Crippen molar-refractivity contribution >= 4 is 5.91 Å². The van der Waals surface area contributed by atoms with Crippen molar-refractivity contribution in [2.75, 3.05) is 14.2 Å². The van der Waals surface area contributed by atoms with E-state index in [1.165, 1.54) is 0 Å². The molecule has 0 aliphatic carbocycles. The number of pyridine rings is 1. The number of benzene rings is 1. The predicted octanol–water partition coefficient (Wildman–Crippen LogP) is 4.72. The number of hydrogen-bond acceptors (Lipinski definition) is 5. The number of methoxy groups -OCH3 is 2. The zero-order valence-electron chi connectivity index (χ0n) is 19.5. The molecule has 1 heterocycles. The van der Waals surface area contributed by atoms with E-state index < -0.39 is 0 Å². The summed E-state index contributed by atoms with van der Waals surface area (Å²) in [6.07, 6.45) is 1.10. The first-order valence-electron chi connectivity index (χ1n) is 10.4. The highest BCUT2D eigenvalue weighted by molar-refractivity contribution is 5.95. The Kier molecular flexibility index (Phi) is 10.9. The molecule has 1 N–H and O–H groups in total. The Morgan fingerprint density at radius 2 is 1.77 bits per heavy atom. The largest absolute Gasteiger partial charge is 0.496 e. The molecular weight excluding hydrogens is 380 g/mol. The summed E-state index contributed by atoms with van der Waals surface area (Å²) >= 11 is 0. The van der Waals surface area contributed by atoms with Gasteiger partial charge < -0.3 is 19.5 Å². The third kappa shape index (κ3) is 7.67. The van der Waals surface area contributed by atoms with Gasteiger partial charge >= 0.3 is 0 Å². The predicted molar refractivity (Wildman–Crippen MR) is 120 cm³/mol. The minimum absolute atomic E-state index is 0.115. The van der Waals surface area contributed by atoms with E-state index in [1.807, 2.05) is 39.8 Å². The molecule has 1 amide bonds. The van der Waals surface area contributed by atoms with Crippen molar-refractivity contribution in [3.8, 4) is 11.6 Å². The second kappa shape index (κ2) is 12.9. The van der Waals surface area contributed by atoms with Crippen LogP contribution in [0.15, 0.2) is 30.3 Å². The third-order valence-corrected chi connectivity index (χ3v) is 4.33. The summed E-state index contributed by atoms with van der Waals surface area (Å²) in [4.78, 5) is 16.8. The van der Waals surface area contributed by atoms with Crippen molar-refractivity contribution in [2.45, 2.75) is 66.7 Å². The van der Waals surface area contributed by atoms with E-state index in [0.29, 0.717) is 23.7 Å². The van der Waals surface area contributed by atoms with Crippen molar-refractivity contribution in [1.82, 2.24) is 10.3 Å². The summed E-state index contributed by atoms with van der Waals surface area (Å²) in [6, 6.07) is 9.41. The normalized spacial score (nSPS) is 11.4. The first kappa shape index (κ1) is 25.4. The van der Waals surface area contributed by atoms with Gasteiger partial charge in [-0.05, 0) is 51.8 Å². The molecule has 0 aliphatic heterocycles. The summed E-state index contributed by atoms with van der Waals surface area (Å²) in [5.41, 5.74) is 3.21. The number of carbonyl (C=O) groups is 1. The highest BCUT2D eigenvalue weighted by Gasteiger charge is 2.13. The first-order chi connectivity index (χ1) is 14.3. The van der Waals surface area contributed by atoms with E-state index in [0.717, 1.165) is 23.3 Å². The molecule has 6 nitrogen and oxygen atoms in total. The number of rotatable bonds is 9. The van der Waals surface area contributed by atoms with E-state index in [2.05, 4.69) is 23.3 Å². The van der Waals surface area contributed by atoms with Crippen LogP contribution in [0.4, 0.5) is 0 Å². The number of aromatic nitrogens is 1. The Hall–Kier alpha value is -2.60. The molecule has 6 heteroatoms. The Labute approximate surface area is 181 Å². The van der Waals surface area contributed by atoms with Crippen molar-refractivity contribution < 1.29 is 19.0 Å². The molecule has 1 unspecified atom stereocenters. The molecule has 166 valence electrons. The van der Waals surface area contributed by atoms with Gasteiger partial charge in [0.25, 0.3) is 5.91 Å². The maximum Gasteiger partial charge on any atom is 0.253 e. The van der Waals surface area contributed by atoms with Gasteiger partial charge in [0.15, 0.2) is 0 Å². The highest BCUT2D eigenvalue weighted by Crippen LogP contribution is 2.22. The van der Waals surface area contributed by atoms with Gasteiger partial charge in [0.1, 0.15) is 5.75 Å². The van der Waals surface area contributed by atoms with Crippen molar-refractivity contribution in [3.05, 3.63) is 52.7 Å². The van der Waals surface area contributed by atoms with Crippen LogP contribution in [0.3, 0.4) is 0 Å². The van der Waals surface area contributed by atoms with Crippen LogP contribution in [-0.2, 0) is 17.7 Å². The van der Waals surface area contributed by atoms with E-state index >= 15 is 0 Å². The van der Waals surface area contributed by atoms with Crippen LogP contribution >= 0.6 is 0 Å². The molecule has 1 aromatic heterocycles. The fraction of sp³-hybridized carbons (Fsp3) is 0.500. The highest BCUT2D eigenvalue weighted by atomic mass is 16.5. The summed E-state index contributed by atoms with van der Waals surface area (Å²) in [6.45, 7) is 12.3. The van der Waals surface area contributed by atoms with Crippen LogP contribution in [-0.4, -0.2) is 37.3 Å². The fourth-order valence-electron chi connectivity index (χ4n) is 3.10. The van der Waals surface area contributed by atoms with Gasteiger partial charge in [0.05, 0.1) is 37.7 Å². The number of ether oxygens (including phenoxy) is 3. The van der Waals surface area contributed by atoms with Gasteiger partial charge in [0.2, 0.25) is 5.88 Å². The number of hydrogen-bond donors (Lipinski definition) is 1. The average molecular weight is 417 g/mol. The van der Waals surface area contributed by atoms with Crippen LogP contribution in [0.2, 0.25) is 0 Å². The van der Waals surface area contributed by atoms with E-state index in [-0.39, 0.29) is 18.1 Å². The molecule has 0 saturated heterocycles. The van der Waals surface area contributed by atoms with Crippen molar-refractivity contribution in [1.29, 1.82) is 0 Å². The lowest BCUT2D eigenvalue weighted by molar-refractivity contribution is 0.0194. The maximum absolute atomic E-state index is 12.6. The second-order valence-electron chi connectivity index (χ2n) is 7.02. The van der Waals surface area contributed by atoms with Crippen molar-refractivity contribution in [3.63, 3.8) is 0 Å². The van der Waals surface area contributed by atoms with Gasteiger partial charge in [-0.2, -0.15) is 0 Å². The van der Waals surface area contributed by atoms with Crippen LogP contribution in [0.25, 0.3) is 0 Å². The van der Waals surface area contributed by atoms with Gasteiger partial charge in [-0.1, -0.05) is 26.0 Å². The molecule has 2 aromatic rings. The Morgan fingerprint density at radius 3 is 2.33 bits per heavy atom. The number of nitrogens with one attached hydrogen (secondary N) is 1. The minimum Gasteiger partial charge on any atom is -0.496 e. The second-order valence-corrected chi connectivity index (χ2v) is 7.02. The zero-order valence-corrected chi connectivity index (χ0v) is 19.5. The average Bonchev–Trinajstić information content (AvgIpc) is 2.72. The quantitative estimate of drug-likeness (QED) is 0.640. The lowest BCUT2D eigenvalue weighted by Crippen LogP contribution is -2.24. The van der Waals surface area contributed by atoms with Crippen LogP contribution in [0.5, 0.6) is 11.6 Å². The molecule has 0 bridgehead atoms. The van der Waals surface area contributed by atoms with Gasteiger partial charge in [-0.25, -0.2) is 4.98 Å². The van der Waals surface area contributed by atoms with E-state index in [9.17, 15) is 4.79 Å². The zero-order chi connectivity index (χ0) is 22.7. The molecule has 0 aliphatic rings. The number of nitrogens with zero attached hydrogens (tertiary/aromatic N) is 1. The van der Waals surface area contributed by atoms with Crippen LogP contribution < -0.4 is 14.8 Å². The SMILES string of the molecule is CC.COc1ccc(C(=O)NCc2cc(CC(C)OC(C)C)ccc2OC)c(C)n1. The number of carbonyl (C=O) groups excluding carboxylic acids is 1. The Morgan fingerprint density at radius 1 is 1.07 bits per heavy atom. The Balaban J connectivity index is 0.00000218. The van der Waals surface area contributed by atoms with Gasteiger partial charge in [-0.15, -0.1) is 0 Å². The molecule has 0 saturated carbocycles. The third-order valence-electron chi connectivity index (χ3n) is 4.33. The smallest absolute Gasteiger partial charge is 0.253 e. The lowest BCUT2D eigenvalue weighted by Gasteiger charge is -2.17. The molecule has 1 atom stereocenters. The molecular formula is C24H36N2O4. The summed E-state index contributed by atoms with van der Waals surface area (Å²) in [5, 5.41) is 2.95. The van der Waals surface area contributed by atoms with E-state index in [4.69, 9.17) is 14.2 Å².